The smallest absolute Gasteiger partial charge is 0.222 e. The van der Waals surface area contributed by atoms with Crippen LogP contribution in [0.4, 0.5) is 0 Å². The fraction of sp³-hybridized carbons (Fsp3) is 0.957. The van der Waals surface area contributed by atoms with E-state index in [4.69, 9.17) is 9.47 Å². The van der Waals surface area contributed by atoms with Crippen LogP contribution in [0.2, 0.25) is 0 Å². The summed E-state index contributed by atoms with van der Waals surface area (Å²) in [5.41, 5.74) is 0. The second-order valence-electron chi connectivity index (χ2n) is 16.1. The summed E-state index contributed by atoms with van der Waals surface area (Å²) >= 11 is 1.50. The van der Waals surface area contributed by atoms with Crippen LogP contribution in [0.1, 0.15) is 251 Å². The van der Waals surface area contributed by atoms with Crippen molar-refractivity contribution >= 4 is 22.8 Å². The zero-order valence-electron chi connectivity index (χ0n) is 36.1. The standard InChI is InChI=1S/C47H93NO4S/c1-4-6-8-10-12-14-16-18-20-22-24-26-28-30-32-34-36-38-45(44-48-46(49)40-41-52-43-42-51-3)53-47(50)39-37-35-33-31-29-27-25-23-21-19-17-15-13-11-9-7-5-2/h45H,4-44H2,1-3H3,(H,48,49). The average Bonchev–Trinajstić information content (AvgIpc) is 3.16. The van der Waals surface area contributed by atoms with Gasteiger partial charge in [0.05, 0.1) is 19.8 Å². The Hall–Kier alpha value is -0.590. The van der Waals surface area contributed by atoms with Crippen molar-refractivity contribution in [1.29, 1.82) is 0 Å². The SMILES string of the molecule is CCCCCCCCCCCCCCCCCCCC(=O)SC(CCCCCCCCCCCCCCCCCCC)CNC(=O)CCOCCOC. The molecular formula is C47H93NO4S. The van der Waals surface area contributed by atoms with Gasteiger partial charge in [0.2, 0.25) is 5.91 Å². The van der Waals surface area contributed by atoms with E-state index in [2.05, 4.69) is 19.2 Å². The van der Waals surface area contributed by atoms with E-state index in [-0.39, 0.29) is 11.2 Å². The highest BCUT2D eigenvalue weighted by Gasteiger charge is 2.16. The fourth-order valence-corrected chi connectivity index (χ4v) is 8.35. The first kappa shape index (κ1) is 52.4. The van der Waals surface area contributed by atoms with Crippen LogP contribution < -0.4 is 5.32 Å². The van der Waals surface area contributed by atoms with Crippen molar-refractivity contribution in [3.05, 3.63) is 0 Å². The number of hydrogen-bond donors (Lipinski definition) is 1. The van der Waals surface area contributed by atoms with Crippen LogP contribution in [-0.4, -0.2) is 49.7 Å². The predicted octanol–water partition coefficient (Wildman–Crippen LogP) is 14.9. The highest BCUT2D eigenvalue weighted by atomic mass is 32.2. The van der Waals surface area contributed by atoms with E-state index in [1.807, 2.05) is 0 Å². The van der Waals surface area contributed by atoms with Crippen LogP contribution in [0.3, 0.4) is 0 Å². The predicted molar refractivity (Wildman–Crippen MR) is 234 cm³/mol. The topological polar surface area (TPSA) is 64.6 Å². The monoisotopic (exact) mass is 768 g/mol. The fourth-order valence-electron chi connectivity index (χ4n) is 7.26. The van der Waals surface area contributed by atoms with Gasteiger partial charge >= 0.3 is 0 Å². The number of unbranched alkanes of at least 4 members (excludes halogenated alkanes) is 32. The van der Waals surface area contributed by atoms with Gasteiger partial charge in [-0.3, -0.25) is 9.59 Å². The van der Waals surface area contributed by atoms with Gasteiger partial charge in [-0.25, -0.2) is 0 Å². The molecule has 6 heteroatoms. The third-order valence-electron chi connectivity index (χ3n) is 10.8. The molecule has 5 nitrogen and oxygen atoms in total. The van der Waals surface area contributed by atoms with Crippen LogP contribution in [0, 0.1) is 0 Å². The molecule has 0 aliphatic heterocycles. The largest absolute Gasteiger partial charge is 0.382 e. The van der Waals surface area contributed by atoms with Crippen molar-refractivity contribution in [2.45, 2.75) is 257 Å². The van der Waals surface area contributed by atoms with Crippen molar-refractivity contribution in [2.24, 2.45) is 0 Å². The quantitative estimate of drug-likeness (QED) is 0.0625. The lowest BCUT2D eigenvalue weighted by Crippen LogP contribution is -2.32. The number of nitrogens with one attached hydrogen (secondary N) is 1. The lowest BCUT2D eigenvalue weighted by molar-refractivity contribution is -0.122. The summed E-state index contributed by atoms with van der Waals surface area (Å²) < 4.78 is 10.5. The molecule has 0 saturated heterocycles. The first-order valence-electron chi connectivity index (χ1n) is 23.7. The van der Waals surface area contributed by atoms with E-state index in [9.17, 15) is 9.59 Å². The van der Waals surface area contributed by atoms with Gasteiger partial charge in [0, 0.05) is 31.7 Å². The Morgan fingerprint density at radius 2 is 0.811 bits per heavy atom. The van der Waals surface area contributed by atoms with Crippen molar-refractivity contribution < 1.29 is 19.1 Å². The third-order valence-corrected chi connectivity index (χ3v) is 12.0. The molecule has 316 valence electrons. The summed E-state index contributed by atoms with van der Waals surface area (Å²) in [6.07, 6.45) is 48.3. The zero-order valence-corrected chi connectivity index (χ0v) is 36.9. The highest BCUT2D eigenvalue weighted by Crippen LogP contribution is 2.23. The van der Waals surface area contributed by atoms with Crippen LogP contribution in [0.15, 0.2) is 0 Å². The van der Waals surface area contributed by atoms with Gasteiger partial charge in [-0.05, 0) is 12.8 Å². The zero-order chi connectivity index (χ0) is 38.6. The number of hydrogen-bond acceptors (Lipinski definition) is 5. The molecule has 1 atom stereocenters. The maximum Gasteiger partial charge on any atom is 0.222 e. The molecule has 0 aliphatic carbocycles. The van der Waals surface area contributed by atoms with Crippen molar-refractivity contribution in [3.8, 4) is 0 Å². The highest BCUT2D eigenvalue weighted by molar-refractivity contribution is 8.14. The first-order chi connectivity index (χ1) is 26.1. The van der Waals surface area contributed by atoms with Crippen LogP contribution in [0.5, 0.6) is 0 Å². The molecule has 0 aliphatic rings. The van der Waals surface area contributed by atoms with Crippen LogP contribution >= 0.6 is 11.8 Å². The molecule has 0 fully saturated rings. The van der Waals surface area contributed by atoms with E-state index in [1.54, 1.807) is 7.11 Å². The number of rotatable bonds is 45. The second kappa shape index (κ2) is 45.8. The molecule has 0 aromatic carbocycles. The minimum atomic E-state index is 0.0102. The summed E-state index contributed by atoms with van der Waals surface area (Å²) in [5, 5.41) is 3.56. The molecule has 0 radical (unpaired) electrons. The maximum atomic E-state index is 12.9. The van der Waals surface area contributed by atoms with Gasteiger partial charge in [-0.2, -0.15) is 0 Å². The molecule has 0 saturated carbocycles. The summed E-state index contributed by atoms with van der Waals surface area (Å²) in [4.78, 5) is 25.4. The van der Waals surface area contributed by atoms with Crippen molar-refractivity contribution in [2.75, 3.05) is 33.5 Å². The Morgan fingerprint density at radius 3 is 1.19 bits per heavy atom. The van der Waals surface area contributed by atoms with Crippen LogP contribution in [-0.2, 0) is 19.1 Å². The lowest BCUT2D eigenvalue weighted by atomic mass is 10.0. The summed E-state index contributed by atoms with van der Waals surface area (Å²) in [6, 6.07) is 0. The molecule has 1 N–H and O–H groups in total. The molecule has 0 aromatic rings. The Labute approximate surface area is 336 Å². The molecule has 0 rings (SSSR count). The van der Waals surface area contributed by atoms with E-state index in [0.29, 0.717) is 44.3 Å². The number of amides is 1. The molecular weight excluding hydrogens is 675 g/mol. The van der Waals surface area contributed by atoms with Gasteiger partial charge in [0.1, 0.15) is 0 Å². The van der Waals surface area contributed by atoms with Gasteiger partial charge in [-0.15, -0.1) is 0 Å². The summed E-state index contributed by atoms with van der Waals surface area (Å²) in [5.74, 6) is 0.0102. The molecule has 0 aromatic heterocycles. The summed E-state index contributed by atoms with van der Waals surface area (Å²) in [7, 11) is 1.65. The lowest BCUT2D eigenvalue weighted by Gasteiger charge is -2.17. The number of methoxy groups -OCH3 is 1. The number of thioether (sulfide) groups is 1. The normalized spacial score (nSPS) is 12.1. The Morgan fingerprint density at radius 1 is 0.453 bits per heavy atom. The number of ether oxygens (including phenoxy) is 2. The maximum absolute atomic E-state index is 12.9. The molecule has 0 bridgehead atoms. The van der Waals surface area contributed by atoms with Gasteiger partial charge in [-0.1, -0.05) is 237 Å². The van der Waals surface area contributed by atoms with Gasteiger partial charge in [0.15, 0.2) is 5.12 Å². The van der Waals surface area contributed by atoms with Crippen molar-refractivity contribution in [3.63, 3.8) is 0 Å². The van der Waals surface area contributed by atoms with E-state index < -0.39 is 0 Å². The first-order valence-corrected chi connectivity index (χ1v) is 24.5. The molecule has 0 spiro atoms. The number of carbonyl (C=O) groups excluding carboxylic acids is 2. The second-order valence-corrected chi connectivity index (χ2v) is 17.5. The van der Waals surface area contributed by atoms with E-state index in [0.717, 1.165) is 25.7 Å². The molecule has 1 amide bonds. The molecule has 53 heavy (non-hydrogen) atoms. The van der Waals surface area contributed by atoms with Gasteiger partial charge in [0.25, 0.3) is 0 Å². The van der Waals surface area contributed by atoms with E-state index in [1.165, 1.54) is 211 Å². The van der Waals surface area contributed by atoms with Crippen LogP contribution in [0.25, 0.3) is 0 Å². The Balaban J connectivity index is 4.01. The van der Waals surface area contributed by atoms with Gasteiger partial charge < -0.3 is 14.8 Å². The minimum absolute atomic E-state index is 0.0102. The van der Waals surface area contributed by atoms with E-state index >= 15 is 0 Å². The summed E-state index contributed by atoms with van der Waals surface area (Å²) in [6.45, 7) is 6.62. The molecule has 1 unspecified atom stereocenters. The van der Waals surface area contributed by atoms with Crippen molar-refractivity contribution in [1.82, 2.24) is 5.32 Å². The Bertz CT molecular complexity index is 735. The third kappa shape index (κ3) is 44.0. The molecule has 0 heterocycles. The average molecular weight is 768 g/mol. The minimum Gasteiger partial charge on any atom is -0.382 e. The Kier molecular flexibility index (Phi) is 45.3. The number of carbonyl (C=O) groups is 2.